The number of methoxy groups -OCH3 is 1. The molecule has 1 radical (unpaired) electrons. The summed E-state index contributed by atoms with van der Waals surface area (Å²) >= 11 is 3.32. The number of fused-ring (bicyclic) bond motifs is 1. The van der Waals surface area contributed by atoms with Crippen LogP contribution in [0.3, 0.4) is 0 Å². The number of carbonyl (C=O) groups is 1. The van der Waals surface area contributed by atoms with Crippen LogP contribution in [0.15, 0.2) is 66.7 Å². The minimum absolute atomic E-state index is 0.163. The normalized spacial score (nSPS) is 11.1. The van der Waals surface area contributed by atoms with Crippen LogP contribution in [0.5, 0.6) is 5.75 Å². The van der Waals surface area contributed by atoms with Gasteiger partial charge in [-0.3, -0.25) is 0 Å². The second-order valence-electron chi connectivity index (χ2n) is 9.25. The summed E-state index contributed by atoms with van der Waals surface area (Å²) in [4.78, 5) is 11.9. The number of ether oxygens (including phenoxy) is 1. The zero-order valence-corrected chi connectivity index (χ0v) is 23.2. The molecular weight excluding hydrogens is 511 g/mol. The molecule has 0 spiro atoms. The van der Waals surface area contributed by atoms with E-state index in [-0.39, 0.29) is 5.91 Å². The molecule has 0 unspecified atom stereocenters. The molecular formula is C31H35N2O2Se. The van der Waals surface area contributed by atoms with Crippen LogP contribution in [0.1, 0.15) is 44.6 Å². The first-order valence-electron chi connectivity index (χ1n) is 12.8. The fourth-order valence-corrected chi connectivity index (χ4v) is 5.43. The number of rotatable bonds is 11. The Morgan fingerprint density at radius 2 is 1.78 bits per heavy atom. The molecule has 1 amide bonds. The summed E-state index contributed by atoms with van der Waals surface area (Å²) in [5.74, 6) is 1.03. The average molecular weight is 547 g/mol. The Balaban J connectivity index is 1.63. The number of amides is 1. The van der Waals surface area contributed by atoms with Crippen molar-refractivity contribution in [1.29, 1.82) is 0 Å². The third kappa shape index (κ3) is 5.86. The van der Waals surface area contributed by atoms with Gasteiger partial charge in [0, 0.05) is 0 Å². The van der Waals surface area contributed by atoms with E-state index in [1.807, 2.05) is 12.1 Å². The van der Waals surface area contributed by atoms with E-state index in [1.54, 1.807) is 7.11 Å². The summed E-state index contributed by atoms with van der Waals surface area (Å²) in [6.45, 7) is 5.95. The molecule has 4 nitrogen and oxygen atoms in total. The van der Waals surface area contributed by atoms with Gasteiger partial charge in [0.05, 0.1) is 0 Å². The molecule has 0 saturated heterocycles. The van der Waals surface area contributed by atoms with E-state index in [0.29, 0.717) is 6.42 Å². The molecule has 0 saturated carbocycles. The maximum absolute atomic E-state index is 11.9. The molecule has 5 heteroatoms. The summed E-state index contributed by atoms with van der Waals surface area (Å²) in [7, 11) is 1.71. The summed E-state index contributed by atoms with van der Waals surface area (Å²) in [6, 6.07) is 23.5. The first kappa shape index (κ1) is 26.1. The number of unbranched alkanes of at least 4 members (excludes halogenated alkanes) is 2. The number of hydrogen-bond donors (Lipinski definition) is 1. The quantitative estimate of drug-likeness (QED) is 0.181. The predicted molar refractivity (Wildman–Crippen MR) is 151 cm³/mol. The molecule has 0 aliphatic rings. The van der Waals surface area contributed by atoms with Gasteiger partial charge in [-0.25, -0.2) is 0 Å². The number of hydrogen-bond acceptors (Lipinski definition) is 2. The zero-order valence-electron chi connectivity index (χ0n) is 21.5. The van der Waals surface area contributed by atoms with Crippen molar-refractivity contribution in [3.8, 4) is 28.1 Å². The van der Waals surface area contributed by atoms with Crippen LogP contribution in [-0.4, -0.2) is 40.1 Å². The van der Waals surface area contributed by atoms with Crippen molar-refractivity contribution < 1.29 is 9.53 Å². The number of carbonyl (C=O) groups excluding carboxylic acids is 1. The Labute approximate surface area is 222 Å². The van der Waals surface area contributed by atoms with Crippen molar-refractivity contribution in [2.24, 2.45) is 0 Å². The molecule has 4 rings (SSSR count). The van der Waals surface area contributed by atoms with Crippen molar-refractivity contribution in [2.75, 3.05) is 13.7 Å². The molecule has 1 N–H and O–H groups in total. The predicted octanol–water partition coefficient (Wildman–Crippen LogP) is 6.17. The van der Waals surface area contributed by atoms with Gasteiger partial charge in [-0.15, -0.1) is 0 Å². The summed E-state index contributed by atoms with van der Waals surface area (Å²) in [6.07, 6.45) is 4.53. The molecule has 0 atom stereocenters. The Morgan fingerprint density at radius 3 is 2.50 bits per heavy atom. The van der Waals surface area contributed by atoms with E-state index in [9.17, 15) is 4.79 Å². The van der Waals surface area contributed by atoms with Gasteiger partial charge in [0.1, 0.15) is 0 Å². The fraction of sp³-hybridized carbons (Fsp3) is 0.323. The third-order valence-corrected chi connectivity index (χ3v) is 7.43. The van der Waals surface area contributed by atoms with Crippen molar-refractivity contribution in [3.63, 3.8) is 0 Å². The third-order valence-electron chi connectivity index (χ3n) is 6.73. The van der Waals surface area contributed by atoms with E-state index in [1.165, 1.54) is 38.9 Å². The van der Waals surface area contributed by atoms with Crippen molar-refractivity contribution in [3.05, 3.63) is 72.3 Å². The van der Waals surface area contributed by atoms with E-state index < -0.39 is 0 Å². The second kappa shape index (κ2) is 12.3. The molecule has 1 aromatic heterocycles. The van der Waals surface area contributed by atoms with Gasteiger partial charge in [0.15, 0.2) is 0 Å². The van der Waals surface area contributed by atoms with Crippen LogP contribution >= 0.6 is 0 Å². The van der Waals surface area contributed by atoms with Gasteiger partial charge in [-0.05, 0) is 6.42 Å². The molecule has 3 aromatic carbocycles. The van der Waals surface area contributed by atoms with Gasteiger partial charge in [-0.1, -0.05) is 6.92 Å². The zero-order chi connectivity index (χ0) is 25.5. The monoisotopic (exact) mass is 547 g/mol. The van der Waals surface area contributed by atoms with Gasteiger partial charge in [-0.2, -0.15) is 0 Å². The fourth-order valence-electron chi connectivity index (χ4n) is 4.82. The molecule has 0 aliphatic heterocycles. The summed E-state index contributed by atoms with van der Waals surface area (Å²) < 4.78 is 9.12. The van der Waals surface area contributed by atoms with Crippen LogP contribution in [0, 0.1) is 6.92 Å². The van der Waals surface area contributed by atoms with Crippen molar-refractivity contribution in [1.82, 2.24) is 9.88 Å². The summed E-state index contributed by atoms with van der Waals surface area (Å²) in [5.41, 5.74) is 7.35. The number of nitrogens with zero attached hydrogens (tertiary/aromatic N) is 1. The Morgan fingerprint density at radius 1 is 0.972 bits per heavy atom. The minimum atomic E-state index is 0.163. The topological polar surface area (TPSA) is 43.3 Å². The van der Waals surface area contributed by atoms with Gasteiger partial charge in [0.2, 0.25) is 0 Å². The van der Waals surface area contributed by atoms with E-state index in [2.05, 4.69) is 94.3 Å². The number of benzene rings is 3. The standard InChI is InChI=1S/C31H35N2O2Se/c1-4-18-32-30(34)13-9-6-10-19-33-28-17-15-25(35-3)21-27(28)22(2)31(33)26-16-14-24(20-29(26)36)23-11-7-5-8-12-23/h5,7-8,11-12,14-17,20-21H,4,6,9-10,13,18-19H2,1-3H3,(H,32,34). The maximum atomic E-state index is 11.9. The number of aromatic nitrogens is 1. The molecule has 1 heterocycles. The number of aryl methyl sites for hydroxylation is 2. The van der Waals surface area contributed by atoms with Crippen LogP contribution < -0.4 is 14.5 Å². The Kier molecular flexibility index (Phi) is 8.90. The van der Waals surface area contributed by atoms with Gasteiger partial charge < -0.3 is 0 Å². The van der Waals surface area contributed by atoms with Crippen LogP contribution in [0.4, 0.5) is 0 Å². The van der Waals surface area contributed by atoms with Crippen LogP contribution in [0.25, 0.3) is 33.3 Å². The van der Waals surface area contributed by atoms with Gasteiger partial charge in [0.25, 0.3) is 0 Å². The van der Waals surface area contributed by atoms with Gasteiger partial charge >= 0.3 is 210 Å². The van der Waals surface area contributed by atoms with Crippen molar-refractivity contribution in [2.45, 2.75) is 52.5 Å². The SMILES string of the molecule is CCCNC(=O)CCCCCn1c(-c2ccc(-c3ccccc3)cc2[Se])c(C)c2cc(OC)ccc21. The molecule has 0 fully saturated rings. The Hall–Kier alpha value is -3.01. The number of nitrogens with one attached hydrogen (secondary N) is 1. The molecule has 0 bridgehead atoms. The molecule has 0 aliphatic carbocycles. The van der Waals surface area contributed by atoms with Crippen LogP contribution in [0.2, 0.25) is 0 Å². The molecule has 187 valence electrons. The Bertz CT molecular complexity index is 1330. The van der Waals surface area contributed by atoms with E-state index in [0.717, 1.165) is 49.0 Å². The first-order chi connectivity index (χ1) is 17.5. The van der Waals surface area contributed by atoms with Crippen molar-refractivity contribution >= 4 is 37.3 Å². The molecule has 36 heavy (non-hydrogen) atoms. The van der Waals surface area contributed by atoms with E-state index in [4.69, 9.17) is 4.74 Å². The second-order valence-corrected chi connectivity index (χ2v) is 10.2. The summed E-state index contributed by atoms with van der Waals surface area (Å²) in [5, 5.41) is 4.19. The van der Waals surface area contributed by atoms with Crippen LogP contribution in [-0.2, 0) is 11.3 Å². The first-order valence-corrected chi connectivity index (χ1v) is 13.7. The average Bonchev–Trinajstić information content (AvgIpc) is 3.18. The molecule has 4 aromatic rings. The van der Waals surface area contributed by atoms with E-state index >= 15 is 0 Å².